The first-order chi connectivity index (χ1) is 18.2. The fourth-order valence-corrected chi connectivity index (χ4v) is 3.93. The molecule has 1 aromatic heterocycles. The predicted octanol–water partition coefficient (Wildman–Crippen LogP) is 6.83. The van der Waals surface area contributed by atoms with Crippen molar-refractivity contribution in [1.82, 2.24) is 9.78 Å². The Labute approximate surface area is 215 Å². The molecule has 0 spiro atoms. The molecule has 0 amide bonds. The third-order valence-electron chi connectivity index (χ3n) is 5.89. The molecule has 0 bridgehead atoms. The van der Waals surface area contributed by atoms with Crippen LogP contribution < -0.4 is 0 Å². The second-order valence-electron chi connectivity index (χ2n) is 8.41. The van der Waals surface area contributed by atoms with Crippen molar-refractivity contribution in [1.29, 1.82) is 5.26 Å². The van der Waals surface area contributed by atoms with Gasteiger partial charge in [-0.25, -0.2) is 9.48 Å². The highest BCUT2D eigenvalue weighted by molar-refractivity contribution is 5.89. The quantitative estimate of drug-likeness (QED) is 0.189. The molecule has 0 N–H and O–H groups in total. The monoisotopic (exact) mass is 481 g/mol. The van der Waals surface area contributed by atoms with Gasteiger partial charge >= 0.3 is 5.97 Å². The van der Waals surface area contributed by atoms with Gasteiger partial charge in [0.2, 0.25) is 0 Å². The Morgan fingerprint density at radius 2 is 1.43 bits per heavy atom. The number of carbonyl (C=O) groups is 1. The largest absolute Gasteiger partial charge is 0.458 e. The van der Waals surface area contributed by atoms with E-state index >= 15 is 0 Å². The molecule has 0 aliphatic carbocycles. The number of hydrogen-bond acceptors (Lipinski definition) is 4. The third-order valence-corrected chi connectivity index (χ3v) is 5.89. The van der Waals surface area contributed by atoms with Crippen LogP contribution in [0.5, 0.6) is 0 Å². The number of benzene rings is 4. The number of rotatable bonds is 7. The molecule has 0 atom stereocenters. The van der Waals surface area contributed by atoms with E-state index in [9.17, 15) is 4.79 Å². The lowest BCUT2D eigenvalue weighted by molar-refractivity contribution is -0.138. The van der Waals surface area contributed by atoms with Crippen LogP contribution in [0.2, 0.25) is 0 Å². The van der Waals surface area contributed by atoms with Gasteiger partial charge in [-0.15, -0.1) is 0 Å². The van der Waals surface area contributed by atoms with Gasteiger partial charge in [0.15, 0.2) is 0 Å². The molecular weight excluding hydrogens is 458 g/mol. The maximum atomic E-state index is 12.5. The Morgan fingerprint density at radius 3 is 2.11 bits per heavy atom. The maximum absolute atomic E-state index is 12.5. The Hall–Kier alpha value is -5.21. The second-order valence-corrected chi connectivity index (χ2v) is 8.41. The van der Waals surface area contributed by atoms with Gasteiger partial charge in [0.1, 0.15) is 6.61 Å². The Kier molecular flexibility index (Phi) is 7.01. The molecule has 0 aliphatic heterocycles. The molecule has 0 saturated heterocycles. The van der Waals surface area contributed by atoms with E-state index in [0.29, 0.717) is 5.56 Å². The van der Waals surface area contributed by atoms with Crippen molar-refractivity contribution in [3.63, 3.8) is 0 Å². The van der Waals surface area contributed by atoms with Gasteiger partial charge < -0.3 is 4.74 Å². The molecule has 5 rings (SSSR count). The van der Waals surface area contributed by atoms with Gasteiger partial charge in [-0.05, 0) is 47.0 Å². The number of nitrogens with zero attached hydrogens (tertiary/aromatic N) is 3. The van der Waals surface area contributed by atoms with E-state index in [1.165, 1.54) is 6.08 Å². The molecule has 0 fully saturated rings. The van der Waals surface area contributed by atoms with Crippen LogP contribution >= 0.6 is 0 Å². The summed E-state index contributed by atoms with van der Waals surface area (Å²) in [6, 6.07) is 37.3. The Balaban J connectivity index is 1.39. The lowest BCUT2D eigenvalue weighted by Gasteiger charge is -2.04. The first-order valence-electron chi connectivity index (χ1n) is 11.8. The van der Waals surface area contributed by atoms with Crippen molar-refractivity contribution in [3.05, 3.63) is 138 Å². The summed E-state index contributed by atoms with van der Waals surface area (Å²) in [5, 5.41) is 13.7. The van der Waals surface area contributed by atoms with Crippen LogP contribution in [-0.4, -0.2) is 15.7 Å². The number of aromatic nitrogens is 2. The van der Waals surface area contributed by atoms with Gasteiger partial charge in [-0.3, -0.25) is 0 Å². The van der Waals surface area contributed by atoms with E-state index in [0.717, 1.165) is 39.2 Å². The van der Waals surface area contributed by atoms with Crippen molar-refractivity contribution < 1.29 is 9.53 Å². The molecule has 178 valence electrons. The van der Waals surface area contributed by atoms with Crippen LogP contribution in [0.1, 0.15) is 16.7 Å². The zero-order valence-electron chi connectivity index (χ0n) is 20.0. The molecule has 5 nitrogen and oxygen atoms in total. The fraction of sp³-hybridized carbons (Fsp3) is 0.0312. The van der Waals surface area contributed by atoms with E-state index in [-0.39, 0.29) is 6.61 Å². The number of ether oxygens (including phenoxy) is 1. The highest BCUT2D eigenvalue weighted by Crippen LogP contribution is 2.28. The van der Waals surface area contributed by atoms with E-state index in [2.05, 4.69) is 30.3 Å². The Morgan fingerprint density at radius 1 is 0.811 bits per heavy atom. The number of nitriles is 1. The van der Waals surface area contributed by atoms with E-state index in [1.54, 1.807) is 30.3 Å². The van der Waals surface area contributed by atoms with Crippen LogP contribution in [-0.2, 0) is 16.1 Å². The second kappa shape index (κ2) is 11.0. The average molecular weight is 482 g/mol. The molecule has 0 radical (unpaired) electrons. The zero-order valence-corrected chi connectivity index (χ0v) is 20.0. The summed E-state index contributed by atoms with van der Waals surface area (Å²) in [6.07, 6.45) is 5.05. The van der Waals surface area contributed by atoms with Gasteiger partial charge in [-0.1, -0.05) is 84.9 Å². The minimum atomic E-state index is -0.456. The highest BCUT2D eigenvalue weighted by Gasteiger charge is 2.12. The minimum Gasteiger partial charge on any atom is -0.458 e. The fourth-order valence-electron chi connectivity index (χ4n) is 3.93. The normalized spacial score (nSPS) is 10.8. The van der Waals surface area contributed by atoms with Crippen LogP contribution in [0.3, 0.4) is 0 Å². The molecular formula is C32H23N3O2. The lowest BCUT2D eigenvalue weighted by Crippen LogP contribution is -2.00. The number of para-hydroxylation sites is 1. The van der Waals surface area contributed by atoms with Crippen LogP contribution in [0, 0.1) is 11.3 Å². The van der Waals surface area contributed by atoms with E-state index in [1.807, 2.05) is 71.5 Å². The number of hydrogen-bond donors (Lipinski definition) is 0. The highest BCUT2D eigenvalue weighted by atomic mass is 16.5. The van der Waals surface area contributed by atoms with Crippen LogP contribution in [0.25, 0.3) is 34.1 Å². The number of carbonyl (C=O) groups excluding carboxylic acids is 1. The predicted molar refractivity (Wildman–Crippen MR) is 144 cm³/mol. The first-order valence-corrected chi connectivity index (χ1v) is 11.8. The molecule has 0 saturated carbocycles. The average Bonchev–Trinajstić information content (AvgIpc) is 3.40. The molecule has 1 heterocycles. The number of esters is 1. The molecule has 37 heavy (non-hydrogen) atoms. The standard InChI is InChI=1S/C32H23N3O2/c33-21-24-11-13-25(14-12-24)23-37-31(36)20-19-29-22-35(30-9-5-2-6-10-30)34-32(29)28-17-15-27(16-18-28)26-7-3-1-4-8-26/h1-20,22H,23H2. The van der Waals surface area contributed by atoms with Crippen molar-refractivity contribution in [2.75, 3.05) is 0 Å². The molecule has 0 aliphatic rings. The molecule has 5 aromatic rings. The molecule has 5 heteroatoms. The lowest BCUT2D eigenvalue weighted by atomic mass is 10.0. The van der Waals surface area contributed by atoms with E-state index in [4.69, 9.17) is 15.1 Å². The topological polar surface area (TPSA) is 67.9 Å². The first kappa shape index (κ1) is 23.5. The Bertz CT molecular complexity index is 1560. The van der Waals surface area contributed by atoms with E-state index < -0.39 is 5.97 Å². The summed E-state index contributed by atoms with van der Waals surface area (Å²) in [5.74, 6) is -0.456. The smallest absolute Gasteiger partial charge is 0.331 e. The summed E-state index contributed by atoms with van der Waals surface area (Å²) in [5.41, 5.74) is 7.08. The van der Waals surface area contributed by atoms with Crippen LogP contribution in [0.15, 0.2) is 121 Å². The van der Waals surface area contributed by atoms with Crippen molar-refractivity contribution in [2.45, 2.75) is 6.61 Å². The summed E-state index contributed by atoms with van der Waals surface area (Å²) < 4.78 is 7.20. The third kappa shape index (κ3) is 5.72. The van der Waals surface area contributed by atoms with Crippen molar-refractivity contribution in [2.24, 2.45) is 0 Å². The SMILES string of the molecule is N#Cc1ccc(COC(=O)C=Cc2cn(-c3ccccc3)nc2-c2ccc(-c3ccccc3)cc2)cc1. The van der Waals surface area contributed by atoms with Crippen LogP contribution in [0.4, 0.5) is 0 Å². The summed E-state index contributed by atoms with van der Waals surface area (Å²) >= 11 is 0. The van der Waals surface area contributed by atoms with Gasteiger partial charge in [0.25, 0.3) is 0 Å². The summed E-state index contributed by atoms with van der Waals surface area (Å²) in [7, 11) is 0. The van der Waals surface area contributed by atoms with Crippen molar-refractivity contribution >= 4 is 12.0 Å². The van der Waals surface area contributed by atoms with Gasteiger partial charge in [0.05, 0.1) is 23.0 Å². The zero-order chi connectivity index (χ0) is 25.5. The maximum Gasteiger partial charge on any atom is 0.331 e. The van der Waals surface area contributed by atoms with Gasteiger partial charge in [0, 0.05) is 23.4 Å². The van der Waals surface area contributed by atoms with Gasteiger partial charge in [-0.2, -0.15) is 10.4 Å². The van der Waals surface area contributed by atoms with Crippen molar-refractivity contribution in [3.8, 4) is 34.1 Å². The molecule has 0 unspecified atom stereocenters. The minimum absolute atomic E-state index is 0.131. The molecule has 4 aromatic carbocycles. The summed E-state index contributed by atoms with van der Waals surface area (Å²) in [6.45, 7) is 0.131. The summed E-state index contributed by atoms with van der Waals surface area (Å²) in [4.78, 5) is 12.5.